The topological polar surface area (TPSA) is 198 Å². The lowest BCUT2D eigenvalue weighted by molar-refractivity contribution is -0.171. The Labute approximate surface area is 420 Å². The van der Waals surface area contributed by atoms with E-state index >= 15 is 0 Å². The van der Waals surface area contributed by atoms with Crippen molar-refractivity contribution in [3.05, 3.63) is 166 Å². The first-order valence-corrected chi connectivity index (χ1v) is 27.3. The van der Waals surface area contributed by atoms with Crippen molar-refractivity contribution in [2.45, 2.75) is 76.5 Å². The number of nitrogens with one attached hydrogen (secondary N) is 4. The number of carbonyl (C=O) groups is 8. The summed E-state index contributed by atoms with van der Waals surface area (Å²) >= 11 is 0. The van der Waals surface area contributed by atoms with Crippen molar-refractivity contribution in [3.8, 4) is 0 Å². The van der Waals surface area contributed by atoms with Crippen molar-refractivity contribution < 1.29 is 38.4 Å². The summed E-state index contributed by atoms with van der Waals surface area (Å²) in [5.41, 5.74) is 3.12. The number of rotatable bonds is 14. The zero-order valence-corrected chi connectivity index (χ0v) is 42.3. The maximum atomic E-state index is 14.9. The van der Waals surface area contributed by atoms with E-state index in [9.17, 15) is 38.4 Å². The van der Waals surface area contributed by atoms with Crippen LogP contribution < -0.4 is 31.9 Å². The summed E-state index contributed by atoms with van der Waals surface area (Å²) in [7, 11) is -4.06. The lowest BCUT2D eigenvalue weighted by atomic mass is 10.0. The summed E-state index contributed by atoms with van der Waals surface area (Å²) in [5, 5.41) is 19.1. The van der Waals surface area contributed by atoms with E-state index in [1.807, 2.05) is 52.0 Å². The highest BCUT2D eigenvalue weighted by Gasteiger charge is 2.60. The van der Waals surface area contributed by atoms with E-state index in [2.05, 4.69) is 21.3 Å². The number of amides is 8. The Morgan fingerprint density at radius 2 is 0.583 bits per heavy atom. The van der Waals surface area contributed by atoms with Gasteiger partial charge in [-0.25, -0.2) is 20.0 Å². The number of nitrogens with zero attached hydrogens (tertiary/aromatic N) is 4. The molecule has 4 aliphatic heterocycles. The lowest BCUT2D eigenvalue weighted by Gasteiger charge is -2.38. The average molecular weight is 1010 g/mol. The number of hydrogen-bond donors (Lipinski definition) is 4. The first kappa shape index (κ1) is 49.7. The van der Waals surface area contributed by atoms with Crippen molar-refractivity contribution in [2.24, 2.45) is 0 Å². The van der Waals surface area contributed by atoms with Crippen molar-refractivity contribution in [3.63, 3.8) is 0 Å². The summed E-state index contributed by atoms with van der Waals surface area (Å²) in [4.78, 5) is 116. The fourth-order valence-electron chi connectivity index (χ4n) is 10.4. The third-order valence-electron chi connectivity index (χ3n) is 13.3. The monoisotopic (exact) mass is 1010 g/mol. The van der Waals surface area contributed by atoms with E-state index in [4.69, 9.17) is 0 Å². The van der Waals surface area contributed by atoms with E-state index in [1.54, 1.807) is 97.1 Å². The largest absolute Gasteiger partial charge is 0.352 e. The molecule has 4 N–H and O–H groups in total. The summed E-state index contributed by atoms with van der Waals surface area (Å²) < 4.78 is 0. The molecule has 16 nitrogen and oxygen atoms in total. The Kier molecular flexibility index (Phi) is 14.6. The van der Waals surface area contributed by atoms with E-state index in [-0.39, 0.29) is 72.9 Å². The van der Waals surface area contributed by atoms with E-state index in [0.29, 0.717) is 81.3 Å². The molecule has 5 aromatic carbocycles. The van der Waals surface area contributed by atoms with Crippen molar-refractivity contribution in [2.75, 3.05) is 26.2 Å². The van der Waals surface area contributed by atoms with Crippen LogP contribution in [0.25, 0.3) is 0 Å². The van der Waals surface area contributed by atoms with Gasteiger partial charge in [-0.1, -0.05) is 97.1 Å². The Hall–Kier alpha value is -7.28. The molecule has 72 heavy (non-hydrogen) atoms. The molecule has 8 amide bonds. The fourth-order valence-corrected chi connectivity index (χ4v) is 17.9. The molecule has 0 bridgehead atoms. The van der Waals surface area contributed by atoms with Crippen molar-refractivity contribution in [1.29, 1.82) is 0 Å². The molecule has 4 fully saturated rings. The van der Waals surface area contributed by atoms with Gasteiger partial charge < -0.3 is 21.3 Å². The van der Waals surface area contributed by atoms with E-state index in [0.717, 1.165) is 0 Å². The van der Waals surface area contributed by atoms with Crippen LogP contribution in [0.4, 0.5) is 0 Å². The van der Waals surface area contributed by atoms with Crippen LogP contribution in [0.1, 0.15) is 140 Å². The molecule has 370 valence electrons. The van der Waals surface area contributed by atoms with Crippen LogP contribution in [0.15, 0.2) is 121 Å². The predicted octanol–water partition coefficient (Wildman–Crippen LogP) is 6.45. The highest BCUT2D eigenvalue weighted by molar-refractivity contribution is 7.73. The molecule has 0 radical (unpaired) electrons. The highest BCUT2D eigenvalue weighted by atomic mass is 31.1. The number of fused-ring (bicyclic) bond motifs is 2. The van der Waals surface area contributed by atoms with Crippen molar-refractivity contribution in [1.82, 2.24) is 41.3 Å². The zero-order chi connectivity index (χ0) is 50.8. The molecule has 4 heterocycles. The van der Waals surface area contributed by atoms with Crippen LogP contribution in [0.5, 0.6) is 0 Å². The van der Waals surface area contributed by atoms with Crippen LogP contribution in [-0.2, 0) is 19.2 Å². The quantitative estimate of drug-likeness (QED) is 0.0910. The standard InChI is InChI=1S/C54H56N8O8P2/c1-5-55-47(67)33-19-9-13-23-37(33)51-59-43(63)29-30-44(64)60(59)52(38-24-14-10-20-34(38)48(68)56-6-2)71(51)41-27-17-18-28-42(41)72-53(39-25-15-11-21-35(39)49(69)57-7-3)61-45(65)31-32-46(66)62(61)54(72)40-26-16-12-22-36(40)50(70)58-8-4/h9-28,51-54H,5-8,29-32H2,1-4H3,(H,55,67)(H,56,68)(H,57,69)(H,58,70)/t51-,52-,53-,54-/m1/s1. The second-order valence-electron chi connectivity index (χ2n) is 17.5. The maximum Gasteiger partial charge on any atom is 0.251 e. The molecule has 18 heteroatoms. The summed E-state index contributed by atoms with van der Waals surface area (Å²) in [6.07, 6.45) is -0.377. The van der Waals surface area contributed by atoms with Crippen LogP contribution in [0, 0.1) is 0 Å². The second-order valence-corrected chi connectivity index (χ2v) is 22.1. The fraction of sp³-hybridized carbons (Fsp3) is 0.296. The Bertz CT molecular complexity index is 2630. The smallest absolute Gasteiger partial charge is 0.251 e. The summed E-state index contributed by atoms with van der Waals surface area (Å²) in [6.45, 7) is 8.52. The number of hydrogen-bond acceptors (Lipinski definition) is 8. The van der Waals surface area contributed by atoms with E-state index in [1.165, 1.54) is 20.0 Å². The molecule has 0 saturated carbocycles. The molecule has 9 rings (SSSR count). The van der Waals surface area contributed by atoms with Gasteiger partial charge in [-0.3, -0.25) is 38.4 Å². The van der Waals surface area contributed by atoms with Crippen LogP contribution in [0.2, 0.25) is 0 Å². The van der Waals surface area contributed by atoms with Crippen LogP contribution in [0.3, 0.4) is 0 Å². The minimum Gasteiger partial charge on any atom is -0.352 e. The first-order valence-electron chi connectivity index (χ1n) is 24.4. The SMILES string of the molecule is CCNC(=O)c1ccccc1[C@@H]1N2C(=O)CCC(=O)N2[C@@H](c2ccccc2C(=O)NCC)P1c1ccccc1P1[C@H](c2ccccc2C(=O)NCC)N2C(=O)CCC(=O)N2[C@H]1c1ccccc1C(=O)NCC. The molecule has 0 aromatic heterocycles. The molecular formula is C54H56N8O8P2. The average Bonchev–Trinajstić information content (AvgIpc) is 3.95. The maximum absolute atomic E-state index is 14.9. The van der Waals surface area contributed by atoms with Crippen molar-refractivity contribution >= 4 is 73.7 Å². The molecule has 4 saturated heterocycles. The summed E-state index contributed by atoms with van der Waals surface area (Å²) in [5.74, 6) is -6.81. The Balaban J connectivity index is 1.41. The Morgan fingerprint density at radius 3 is 0.806 bits per heavy atom. The molecule has 4 aliphatic rings. The number of benzene rings is 5. The molecule has 0 aliphatic carbocycles. The minimum atomic E-state index is -2.03. The van der Waals surface area contributed by atoms with Gasteiger partial charge in [-0.15, -0.1) is 0 Å². The van der Waals surface area contributed by atoms with Gasteiger partial charge in [0.25, 0.3) is 23.6 Å². The number of carbonyl (C=O) groups excluding carboxylic acids is 8. The van der Waals surface area contributed by atoms with Crippen LogP contribution in [-0.4, -0.2) is 93.5 Å². The van der Waals surface area contributed by atoms with Gasteiger partial charge in [0.2, 0.25) is 23.6 Å². The summed E-state index contributed by atoms with van der Waals surface area (Å²) in [6, 6.07) is 35.8. The predicted molar refractivity (Wildman–Crippen MR) is 274 cm³/mol. The zero-order valence-electron chi connectivity index (χ0n) is 40.5. The van der Waals surface area contributed by atoms with Crippen LogP contribution >= 0.6 is 15.8 Å². The minimum absolute atomic E-state index is 0.0944. The lowest BCUT2D eigenvalue weighted by Crippen LogP contribution is -2.50. The molecule has 0 spiro atoms. The van der Waals surface area contributed by atoms with E-state index < -0.39 is 39.0 Å². The van der Waals surface area contributed by atoms with Gasteiger partial charge >= 0.3 is 0 Å². The molecular weight excluding hydrogens is 951 g/mol. The molecule has 5 aromatic rings. The highest BCUT2D eigenvalue weighted by Crippen LogP contribution is 2.74. The van der Waals surface area contributed by atoms with Gasteiger partial charge in [0.05, 0.1) is 0 Å². The van der Waals surface area contributed by atoms with Gasteiger partial charge in [-0.2, -0.15) is 0 Å². The normalized spacial score (nSPS) is 20.1. The van der Waals surface area contributed by atoms with Gasteiger partial charge in [-0.05, 0) is 101 Å². The second kappa shape index (κ2) is 21.2. The third-order valence-corrected chi connectivity index (χ3v) is 19.5. The van der Waals surface area contributed by atoms with Gasteiger partial charge in [0, 0.05) is 74.1 Å². The molecule has 4 atom stereocenters. The van der Waals surface area contributed by atoms with Gasteiger partial charge in [0.1, 0.15) is 23.1 Å². The first-order chi connectivity index (χ1) is 35.0. The number of hydrazine groups is 2. The van der Waals surface area contributed by atoms with Gasteiger partial charge in [0.15, 0.2) is 0 Å². The Morgan fingerprint density at radius 1 is 0.375 bits per heavy atom. The molecule has 0 unspecified atom stereocenters. The third kappa shape index (κ3) is 8.70.